The predicted octanol–water partition coefficient (Wildman–Crippen LogP) is 1.93. The molecule has 2 heterocycles. The molecule has 27 heavy (non-hydrogen) atoms. The maximum atomic E-state index is 13.1. The van der Waals surface area contributed by atoms with Gasteiger partial charge in [0.15, 0.2) is 0 Å². The Balaban J connectivity index is 1.76. The molecule has 1 atom stereocenters. The molecule has 0 saturated heterocycles. The molecule has 0 saturated carbocycles. The molecule has 2 amide bonds. The number of amides is 2. The molecule has 142 valence electrons. The Bertz CT molecular complexity index is 880. The number of hydrogen-bond donors (Lipinski definition) is 2. The number of aromatic nitrogens is 2. The van der Waals surface area contributed by atoms with Gasteiger partial charge < -0.3 is 5.73 Å². The topological polar surface area (TPSA) is 114 Å². The number of anilines is 2. The summed E-state index contributed by atoms with van der Waals surface area (Å²) in [5.41, 5.74) is 6.05. The lowest BCUT2D eigenvalue weighted by molar-refractivity contribution is -0.119. The van der Waals surface area contributed by atoms with E-state index >= 15 is 0 Å². The molecule has 0 radical (unpaired) electrons. The molecule has 0 fully saturated rings. The fraction of sp³-hybridized carbons (Fsp3) is 0.353. The van der Waals surface area contributed by atoms with Gasteiger partial charge in [-0.05, 0) is 30.2 Å². The number of carbonyl (C=O) groups excluding carboxylic acids is 2. The predicted molar refractivity (Wildman–Crippen MR) is 101 cm³/mol. The van der Waals surface area contributed by atoms with Gasteiger partial charge >= 0.3 is 0 Å². The molecular weight excluding hydrogens is 371 g/mol. The number of primary amides is 1. The summed E-state index contributed by atoms with van der Waals surface area (Å²) in [7, 11) is 0. The van der Waals surface area contributed by atoms with Crippen LogP contribution in [-0.4, -0.2) is 33.8 Å². The maximum Gasteiger partial charge on any atom is 0.273 e. The molecule has 1 aliphatic heterocycles. The molecule has 3 rings (SSSR count). The minimum absolute atomic E-state index is 0.0518. The summed E-state index contributed by atoms with van der Waals surface area (Å²) in [6, 6.07) is 4.62. The van der Waals surface area contributed by atoms with Gasteiger partial charge in [-0.1, -0.05) is 25.2 Å². The van der Waals surface area contributed by atoms with E-state index in [1.165, 1.54) is 40.6 Å². The smallest absolute Gasteiger partial charge is 0.273 e. The van der Waals surface area contributed by atoms with Gasteiger partial charge in [-0.25, -0.2) is 4.39 Å². The molecule has 0 bridgehead atoms. The quantitative estimate of drug-likeness (QED) is 0.782. The third kappa shape index (κ3) is 4.45. The molecule has 8 nitrogen and oxygen atoms in total. The van der Waals surface area contributed by atoms with E-state index in [2.05, 4.69) is 34.5 Å². The molecule has 0 spiro atoms. The van der Waals surface area contributed by atoms with E-state index in [0.717, 1.165) is 11.4 Å². The molecule has 2 aromatic rings. The molecule has 1 unspecified atom stereocenters. The van der Waals surface area contributed by atoms with Crippen molar-refractivity contribution in [2.45, 2.75) is 32.7 Å². The van der Waals surface area contributed by atoms with Crippen molar-refractivity contribution in [1.82, 2.24) is 10.2 Å². The van der Waals surface area contributed by atoms with Gasteiger partial charge in [-0.15, -0.1) is 10.2 Å². The Hall–Kier alpha value is -2.88. The van der Waals surface area contributed by atoms with Crippen molar-refractivity contribution < 1.29 is 14.0 Å². The third-order valence-electron chi connectivity index (χ3n) is 3.86. The van der Waals surface area contributed by atoms with Crippen molar-refractivity contribution >= 4 is 39.7 Å². The second-order valence-electron chi connectivity index (χ2n) is 6.54. The highest BCUT2D eigenvalue weighted by Crippen LogP contribution is 2.26. The minimum atomic E-state index is -0.817. The zero-order chi connectivity index (χ0) is 19.6. The fourth-order valence-electron chi connectivity index (χ4n) is 2.61. The van der Waals surface area contributed by atoms with E-state index in [9.17, 15) is 14.0 Å². The molecule has 3 N–H and O–H groups in total. The summed E-state index contributed by atoms with van der Waals surface area (Å²) >= 11 is 1.30. The number of hydrazone groups is 1. The number of nitrogens with two attached hydrogens (primary N) is 1. The van der Waals surface area contributed by atoms with E-state index in [1.807, 2.05) is 0 Å². The molecule has 10 heteroatoms. The average molecular weight is 390 g/mol. The zero-order valence-electron chi connectivity index (χ0n) is 14.8. The van der Waals surface area contributed by atoms with Gasteiger partial charge in [0.1, 0.15) is 22.6 Å². The van der Waals surface area contributed by atoms with E-state index in [0.29, 0.717) is 16.7 Å². The monoisotopic (exact) mass is 390 g/mol. The van der Waals surface area contributed by atoms with Crippen molar-refractivity contribution in [3.05, 3.63) is 35.1 Å². The zero-order valence-corrected chi connectivity index (χ0v) is 15.7. The molecule has 0 aliphatic carbocycles. The molecular formula is C17H19FN6O2S. The van der Waals surface area contributed by atoms with Gasteiger partial charge in [0.25, 0.3) is 5.91 Å². The summed E-state index contributed by atoms with van der Waals surface area (Å²) in [5.74, 6) is -1.08. The standard InChI is InChI=1S/C17H19FN6O2S/c1-9(2)7-14-21-22-17(27-14)20-16(26)12-8-13(15(19)25)24(23-12)11-5-3-10(18)4-6-11/h3-6,9,13H,7-8H2,1-2H3,(H2,19,25)(H,20,22,26). The Kier molecular flexibility index (Phi) is 5.45. The molecule has 1 aromatic heterocycles. The van der Waals surface area contributed by atoms with Gasteiger partial charge in [0, 0.05) is 12.8 Å². The van der Waals surface area contributed by atoms with Crippen molar-refractivity contribution in [3.63, 3.8) is 0 Å². The van der Waals surface area contributed by atoms with Crippen LogP contribution in [0.15, 0.2) is 29.4 Å². The summed E-state index contributed by atoms with van der Waals surface area (Å²) in [5, 5.41) is 17.4. The lowest BCUT2D eigenvalue weighted by Crippen LogP contribution is -2.39. The van der Waals surface area contributed by atoms with E-state index in [1.54, 1.807) is 0 Å². The second kappa shape index (κ2) is 7.78. The summed E-state index contributed by atoms with van der Waals surface area (Å²) in [6.45, 7) is 4.14. The van der Waals surface area contributed by atoms with Crippen LogP contribution >= 0.6 is 11.3 Å². The number of benzene rings is 1. The highest BCUT2D eigenvalue weighted by Gasteiger charge is 2.35. The maximum absolute atomic E-state index is 13.1. The number of nitrogens with zero attached hydrogens (tertiary/aromatic N) is 4. The first-order valence-corrected chi connectivity index (χ1v) is 9.20. The number of halogens is 1. The van der Waals surface area contributed by atoms with Gasteiger partial charge in [-0.2, -0.15) is 5.10 Å². The van der Waals surface area contributed by atoms with Crippen LogP contribution in [0.4, 0.5) is 15.2 Å². The highest BCUT2D eigenvalue weighted by atomic mass is 32.1. The molecule has 1 aromatic carbocycles. The van der Waals surface area contributed by atoms with Gasteiger partial charge in [0.05, 0.1) is 5.69 Å². The van der Waals surface area contributed by atoms with Crippen LogP contribution in [-0.2, 0) is 16.0 Å². The molecule has 1 aliphatic rings. The first kappa shape index (κ1) is 18.9. The van der Waals surface area contributed by atoms with Crippen LogP contribution in [0.1, 0.15) is 25.3 Å². The van der Waals surface area contributed by atoms with Crippen LogP contribution in [0.2, 0.25) is 0 Å². The number of carbonyl (C=O) groups is 2. The van der Waals surface area contributed by atoms with Gasteiger partial charge in [0.2, 0.25) is 11.0 Å². The van der Waals surface area contributed by atoms with Gasteiger partial charge in [-0.3, -0.25) is 19.9 Å². The Morgan fingerprint density at radius 2 is 2.04 bits per heavy atom. The van der Waals surface area contributed by atoms with Crippen molar-refractivity contribution in [3.8, 4) is 0 Å². The number of hydrogen-bond acceptors (Lipinski definition) is 7. The van der Waals surface area contributed by atoms with Crippen LogP contribution in [0, 0.1) is 11.7 Å². The Morgan fingerprint density at radius 1 is 1.33 bits per heavy atom. The van der Waals surface area contributed by atoms with E-state index in [4.69, 9.17) is 5.73 Å². The average Bonchev–Trinajstić information content (AvgIpc) is 3.22. The number of rotatable bonds is 6. The van der Waals surface area contributed by atoms with E-state index in [-0.39, 0.29) is 12.1 Å². The second-order valence-corrected chi connectivity index (χ2v) is 7.61. The SMILES string of the molecule is CC(C)Cc1nnc(NC(=O)C2=NN(c3ccc(F)cc3)C(C(N)=O)C2)s1. The summed E-state index contributed by atoms with van der Waals surface area (Å²) in [6.07, 6.45) is 0.826. The van der Waals surface area contributed by atoms with Crippen molar-refractivity contribution in [2.75, 3.05) is 10.3 Å². The van der Waals surface area contributed by atoms with Crippen LogP contribution in [0.5, 0.6) is 0 Å². The fourth-order valence-corrected chi connectivity index (χ4v) is 3.55. The highest BCUT2D eigenvalue weighted by molar-refractivity contribution is 7.15. The van der Waals surface area contributed by atoms with E-state index < -0.39 is 23.7 Å². The largest absolute Gasteiger partial charge is 0.368 e. The minimum Gasteiger partial charge on any atom is -0.368 e. The number of nitrogens with one attached hydrogen (secondary N) is 1. The normalized spacial score (nSPS) is 16.5. The lowest BCUT2D eigenvalue weighted by Gasteiger charge is -2.20. The first-order valence-electron chi connectivity index (χ1n) is 8.39. The summed E-state index contributed by atoms with van der Waals surface area (Å²) < 4.78 is 13.1. The van der Waals surface area contributed by atoms with Crippen LogP contribution in [0.3, 0.4) is 0 Å². The third-order valence-corrected chi connectivity index (χ3v) is 4.72. The van der Waals surface area contributed by atoms with Crippen LogP contribution in [0.25, 0.3) is 0 Å². The van der Waals surface area contributed by atoms with Crippen LogP contribution < -0.4 is 16.1 Å². The Morgan fingerprint density at radius 3 is 2.67 bits per heavy atom. The lowest BCUT2D eigenvalue weighted by atomic mass is 10.1. The first-order chi connectivity index (χ1) is 12.8. The van der Waals surface area contributed by atoms with Crippen molar-refractivity contribution in [1.29, 1.82) is 0 Å². The Labute approximate surface area is 159 Å². The van der Waals surface area contributed by atoms with Crippen molar-refractivity contribution in [2.24, 2.45) is 16.8 Å². The summed E-state index contributed by atoms with van der Waals surface area (Å²) in [4.78, 5) is 24.3.